The van der Waals surface area contributed by atoms with Crippen molar-refractivity contribution in [1.82, 2.24) is 0 Å². The molecular weight excluding hydrogens is 262 g/mol. The first kappa shape index (κ1) is 13.8. The van der Waals surface area contributed by atoms with Crippen LogP contribution in [0.4, 0.5) is 5.69 Å². The molecule has 0 saturated carbocycles. The first-order valence-corrected chi connectivity index (χ1v) is 5.99. The van der Waals surface area contributed by atoms with E-state index in [1.807, 2.05) is 0 Å². The fraction of sp³-hybridized carbons (Fsp3) is 0.214. The van der Waals surface area contributed by atoms with Crippen molar-refractivity contribution in [2.45, 2.75) is 6.92 Å². The number of carbonyl (C=O) groups is 3. The first-order valence-electron chi connectivity index (χ1n) is 5.99. The van der Waals surface area contributed by atoms with E-state index >= 15 is 0 Å². The van der Waals surface area contributed by atoms with E-state index in [1.54, 1.807) is 19.1 Å². The maximum absolute atomic E-state index is 11.9. The molecule has 1 aliphatic heterocycles. The second-order valence-electron chi connectivity index (χ2n) is 4.08. The summed E-state index contributed by atoms with van der Waals surface area (Å²) in [5, 5.41) is 2.61. The van der Waals surface area contributed by atoms with E-state index in [4.69, 9.17) is 9.47 Å². The number of hydrogen-bond donors (Lipinski definition) is 1. The van der Waals surface area contributed by atoms with E-state index in [2.05, 4.69) is 5.32 Å². The highest BCUT2D eigenvalue weighted by Crippen LogP contribution is 2.28. The van der Waals surface area contributed by atoms with Crippen LogP contribution < -0.4 is 10.1 Å². The van der Waals surface area contributed by atoms with Crippen molar-refractivity contribution >= 4 is 23.3 Å². The Balaban J connectivity index is 2.05. The highest BCUT2D eigenvalue weighted by Gasteiger charge is 2.18. The number of ketones is 1. The van der Waals surface area contributed by atoms with Gasteiger partial charge in [-0.2, -0.15) is 0 Å². The average molecular weight is 275 g/mol. The minimum absolute atomic E-state index is 0.0404. The number of nitrogens with one attached hydrogen (secondary N) is 1. The molecule has 1 aliphatic rings. The standard InChI is InChI=1S/C14H13NO5/c1-2-3-14(18)20-7-11(16)9-4-5-12-10(6-9)15-13(17)8-19-12/h2-6H,7-8H2,1H3,(H,15,17)/b3-2+. The van der Waals surface area contributed by atoms with Crippen molar-refractivity contribution in [3.05, 3.63) is 35.9 Å². The van der Waals surface area contributed by atoms with Gasteiger partial charge in [0.05, 0.1) is 5.69 Å². The Hall–Kier alpha value is -2.63. The molecule has 0 radical (unpaired) electrons. The molecule has 1 N–H and O–H groups in total. The van der Waals surface area contributed by atoms with E-state index in [9.17, 15) is 14.4 Å². The molecule has 6 heteroatoms. The van der Waals surface area contributed by atoms with Crippen LogP contribution in [0.25, 0.3) is 0 Å². The van der Waals surface area contributed by atoms with Gasteiger partial charge >= 0.3 is 5.97 Å². The summed E-state index contributed by atoms with van der Waals surface area (Å²) in [4.78, 5) is 34.2. The minimum atomic E-state index is -0.574. The van der Waals surface area contributed by atoms with Crippen LogP contribution in [0.1, 0.15) is 17.3 Å². The van der Waals surface area contributed by atoms with Gasteiger partial charge < -0.3 is 14.8 Å². The molecule has 0 fully saturated rings. The van der Waals surface area contributed by atoms with Crippen LogP contribution in [0.3, 0.4) is 0 Å². The molecule has 0 atom stereocenters. The second kappa shape index (κ2) is 6.01. The Kier molecular flexibility index (Phi) is 4.14. The third-order valence-corrected chi connectivity index (χ3v) is 2.58. The topological polar surface area (TPSA) is 81.7 Å². The van der Waals surface area contributed by atoms with Crippen molar-refractivity contribution in [1.29, 1.82) is 0 Å². The summed E-state index contributed by atoms with van der Waals surface area (Å²) in [6.07, 6.45) is 2.76. The monoisotopic (exact) mass is 275 g/mol. The maximum atomic E-state index is 11.9. The van der Waals surface area contributed by atoms with Crippen molar-refractivity contribution < 1.29 is 23.9 Å². The van der Waals surface area contributed by atoms with Gasteiger partial charge in [0, 0.05) is 11.6 Å². The zero-order chi connectivity index (χ0) is 14.5. The van der Waals surface area contributed by atoms with Gasteiger partial charge in [-0.05, 0) is 25.1 Å². The van der Waals surface area contributed by atoms with Gasteiger partial charge in [0.2, 0.25) is 0 Å². The SMILES string of the molecule is C/C=C/C(=O)OCC(=O)c1ccc2c(c1)NC(=O)CO2. The van der Waals surface area contributed by atoms with Gasteiger partial charge in [0.15, 0.2) is 19.0 Å². The highest BCUT2D eigenvalue weighted by molar-refractivity contribution is 6.02. The number of allylic oxidation sites excluding steroid dienone is 1. The minimum Gasteiger partial charge on any atom is -0.482 e. The number of esters is 1. The maximum Gasteiger partial charge on any atom is 0.330 e. The number of rotatable bonds is 4. The number of carbonyl (C=O) groups excluding carboxylic acids is 3. The summed E-state index contributed by atoms with van der Waals surface area (Å²) in [6.45, 7) is 1.28. The van der Waals surface area contributed by atoms with Gasteiger partial charge in [-0.1, -0.05) is 6.08 Å². The van der Waals surface area contributed by atoms with Gasteiger partial charge in [-0.25, -0.2) is 4.79 Å². The second-order valence-corrected chi connectivity index (χ2v) is 4.08. The predicted octanol–water partition coefficient (Wildman–Crippen LogP) is 1.32. The molecular formula is C14H13NO5. The molecule has 0 bridgehead atoms. The van der Waals surface area contributed by atoms with E-state index in [0.29, 0.717) is 17.0 Å². The van der Waals surface area contributed by atoms with Crippen LogP contribution in [0.5, 0.6) is 5.75 Å². The number of Topliss-reactive ketones (excluding diaryl/α,β-unsaturated/α-hetero) is 1. The van der Waals surface area contributed by atoms with Gasteiger partial charge in [0.1, 0.15) is 5.75 Å². The number of ether oxygens (including phenoxy) is 2. The lowest BCUT2D eigenvalue weighted by Crippen LogP contribution is -2.25. The first-order chi connectivity index (χ1) is 9.60. The van der Waals surface area contributed by atoms with Crippen molar-refractivity contribution in [2.24, 2.45) is 0 Å². The fourth-order valence-corrected chi connectivity index (χ4v) is 1.66. The van der Waals surface area contributed by atoms with Gasteiger partial charge in [0.25, 0.3) is 5.91 Å². The van der Waals surface area contributed by atoms with Crippen LogP contribution >= 0.6 is 0 Å². The molecule has 6 nitrogen and oxygen atoms in total. The Morgan fingerprint density at radius 2 is 2.25 bits per heavy atom. The lowest BCUT2D eigenvalue weighted by atomic mass is 10.1. The summed E-state index contributed by atoms with van der Waals surface area (Å²) in [5.74, 6) is -0.699. The van der Waals surface area contributed by atoms with Gasteiger partial charge in [-0.3, -0.25) is 9.59 Å². The van der Waals surface area contributed by atoms with Crippen LogP contribution in [0.2, 0.25) is 0 Å². The molecule has 20 heavy (non-hydrogen) atoms. The number of fused-ring (bicyclic) bond motifs is 1. The molecule has 0 unspecified atom stereocenters. The zero-order valence-electron chi connectivity index (χ0n) is 10.8. The third kappa shape index (κ3) is 3.23. The summed E-state index contributed by atoms with van der Waals surface area (Å²) in [5.41, 5.74) is 0.773. The van der Waals surface area contributed by atoms with Crippen LogP contribution in [-0.4, -0.2) is 30.9 Å². The summed E-state index contributed by atoms with van der Waals surface area (Å²) < 4.78 is 9.95. The molecule has 1 aromatic carbocycles. The number of anilines is 1. The van der Waals surface area contributed by atoms with Crippen molar-refractivity contribution in [2.75, 3.05) is 18.5 Å². The summed E-state index contributed by atoms with van der Waals surface area (Å²) in [7, 11) is 0. The molecule has 1 aromatic rings. The predicted molar refractivity (Wildman–Crippen MR) is 70.7 cm³/mol. The summed E-state index contributed by atoms with van der Waals surface area (Å²) in [6, 6.07) is 4.65. The molecule has 0 aromatic heterocycles. The molecule has 104 valence electrons. The highest BCUT2D eigenvalue weighted by atomic mass is 16.5. The summed E-state index contributed by atoms with van der Waals surface area (Å²) >= 11 is 0. The van der Waals surface area contributed by atoms with Crippen molar-refractivity contribution in [3.63, 3.8) is 0 Å². The fourth-order valence-electron chi connectivity index (χ4n) is 1.66. The number of hydrogen-bond acceptors (Lipinski definition) is 5. The number of benzene rings is 1. The van der Waals surface area contributed by atoms with Crippen LogP contribution in [-0.2, 0) is 14.3 Å². The van der Waals surface area contributed by atoms with E-state index in [0.717, 1.165) is 0 Å². The molecule has 1 heterocycles. The van der Waals surface area contributed by atoms with Crippen molar-refractivity contribution in [3.8, 4) is 5.75 Å². The molecule has 0 aliphatic carbocycles. The molecule has 1 amide bonds. The molecule has 0 spiro atoms. The quantitative estimate of drug-likeness (QED) is 0.509. The average Bonchev–Trinajstić information content (AvgIpc) is 2.44. The number of amides is 1. The Morgan fingerprint density at radius 1 is 1.45 bits per heavy atom. The lowest BCUT2D eigenvalue weighted by molar-refractivity contribution is -0.136. The van der Waals surface area contributed by atoms with Crippen LogP contribution in [0.15, 0.2) is 30.4 Å². The smallest absolute Gasteiger partial charge is 0.330 e. The van der Waals surface area contributed by atoms with E-state index in [-0.39, 0.29) is 24.9 Å². The largest absolute Gasteiger partial charge is 0.482 e. The Bertz CT molecular complexity index is 591. The lowest BCUT2D eigenvalue weighted by Gasteiger charge is -2.18. The van der Waals surface area contributed by atoms with E-state index in [1.165, 1.54) is 18.2 Å². The molecule has 2 rings (SSSR count). The van der Waals surface area contributed by atoms with E-state index < -0.39 is 5.97 Å². The normalized spacial score (nSPS) is 13.3. The van der Waals surface area contributed by atoms with Gasteiger partial charge in [-0.15, -0.1) is 0 Å². The molecule has 0 saturated heterocycles. The van der Waals surface area contributed by atoms with Crippen LogP contribution in [0, 0.1) is 0 Å². The zero-order valence-corrected chi connectivity index (χ0v) is 10.8. The Morgan fingerprint density at radius 3 is 3.00 bits per heavy atom. The Labute approximate surface area is 115 Å². The third-order valence-electron chi connectivity index (χ3n) is 2.58.